The first-order chi connectivity index (χ1) is 11.5. The number of hydrogen-bond acceptors (Lipinski definition) is 5. The van der Waals surface area contributed by atoms with E-state index in [0.29, 0.717) is 12.0 Å². The van der Waals surface area contributed by atoms with Crippen LogP contribution in [-0.2, 0) is 4.79 Å². The van der Waals surface area contributed by atoms with Crippen molar-refractivity contribution in [2.24, 2.45) is 5.92 Å². The van der Waals surface area contributed by atoms with E-state index in [9.17, 15) is 4.79 Å². The molecule has 0 spiro atoms. The fourth-order valence-corrected chi connectivity index (χ4v) is 4.17. The van der Waals surface area contributed by atoms with E-state index in [1.165, 1.54) is 0 Å². The Morgan fingerprint density at radius 1 is 1.28 bits per heavy atom. The predicted molar refractivity (Wildman–Crippen MR) is 98.7 cm³/mol. The van der Waals surface area contributed by atoms with Gasteiger partial charge >= 0.3 is 0 Å². The maximum Gasteiger partial charge on any atom is 0.239 e. The van der Waals surface area contributed by atoms with Crippen molar-refractivity contribution >= 4 is 18.3 Å². The molecule has 0 aromatic heterocycles. The number of nitrogens with one attached hydrogen (secondary N) is 4. The van der Waals surface area contributed by atoms with E-state index >= 15 is 0 Å². The Morgan fingerprint density at radius 3 is 2.92 bits per heavy atom. The lowest BCUT2D eigenvalue weighted by Gasteiger charge is -2.38. The van der Waals surface area contributed by atoms with Gasteiger partial charge in [-0.3, -0.25) is 10.2 Å². The van der Waals surface area contributed by atoms with Crippen molar-refractivity contribution in [3.63, 3.8) is 0 Å². The number of hydrazine groups is 1. The number of carbonyl (C=O) groups excluding carboxylic acids is 1. The minimum atomic E-state index is -0.289. The highest BCUT2D eigenvalue weighted by molar-refractivity contribution is 5.85. The van der Waals surface area contributed by atoms with Gasteiger partial charge in [-0.05, 0) is 32.9 Å². The molecule has 4 N–H and O–H groups in total. The van der Waals surface area contributed by atoms with Crippen molar-refractivity contribution in [1.29, 1.82) is 0 Å². The summed E-state index contributed by atoms with van der Waals surface area (Å²) >= 11 is 0. The number of halogens is 1. The van der Waals surface area contributed by atoms with Crippen LogP contribution in [0.1, 0.15) is 38.3 Å². The molecule has 1 aromatic rings. The molecular formula is C18H27ClN4O2. The summed E-state index contributed by atoms with van der Waals surface area (Å²) in [5.41, 5.74) is 7.26. The van der Waals surface area contributed by atoms with Gasteiger partial charge < -0.3 is 15.4 Å². The lowest BCUT2D eigenvalue weighted by molar-refractivity contribution is -0.125. The van der Waals surface area contributed by atoms with Crippen molar-refractivity contribution in [1.82, 2.24) is 21.5 Å². The molecule has 3 heterocycles. The Labute approximate surface area is 154 Å². The summed E-state index contributed by atoms with van der Waals surface area (Å²) in [5, 5.41) is 6.65. The number of ether oxygens (including phenoxy) is 1. The Hall–Kier alpha value is -1.34. The van der Waals surface area contributed by atoms with Crippen molar-refractivity contribution in [2.75, 3.05) is 13.1 Å². The summed E-state index contributed by atoms with van der Waals surface area (Å²) in [6, 6.07) is 8.15. The van der Waals surface area contributed by atoms with E-state index in [0.717, 1.165) is 37.2 Å². The number of hydrogen-bond donors (Lipinski definition) is 4. The standard InChI is InChI=1S/C18H26N4O2.ClH/c1-18(2)9-14(11-5-3-4-6-15(11)24-18)20-17(23)16-12-10-19-8-7-13(12)21-22-16;/h3-6,12-14,16,19,21-22H,7-10H2,1-2H3,(H,20,23);1H. The van der Waals surface area contributed by atoms with E-state index in [2.05, 4.69) is 35.3 Å². The zero-order valence-electron chi connectivity index (χ0n) is 14.7. The molecule has 4 rings (SSSR count). The molecule has 7 heteroatoms. The molecule has 4 atom stereocenters. The van der Waals surface area contributed by atoms with E-state index in [-0.39, 0.29) is 36.0 Å². The number of benzene rings is 1. The third-order valence-electron chi connectivity index (χ3n) is 5.36. The molecule has 4 unspecified atom stereocenters. The zero-order valence-corrected chi connectivity index (χ0v) is 15.5. The third-order valence-corrected chi connectivity index (χ3v) is 5.36. The number of piperidine rings is 1. The molecule has 2 saturated heterocycles. The maximum atomic E-state index is 12.9. The van der Waals surface area contributed by atoms with Crippen LogP contribution < -0.4 is 26.2 Å². The number of para-hydroxylation sites is 1. The van der Waals surface area contributed by atoms with Crippen LogP contribution in [0, 0.1) is 5.92 Å². The van der Waals surface area contributed by atoms with Gasteiger partial charge in [0.15, 0.2) is 0 Å². The first kappa shape index (κ1) is 18.5. The number of fused-ring (bicyclic) bond motifs is 2. The second-order valence-corrected chi connectivity index (χ2v) is 7.69. The Morgan fingerprint density at radius 2 is 2.08 bits per heavy atom. The van der Waals surface area contributed by atoms with Gasteiger partial charge in [0.2, 0.25) is 5.91 Å². The van der Waals surface area contributed by atoms with Crippen molar-refractivity contribution in [2.45, 2.75) is 50.4 Å². The van der Waals surface area contributed by atoms with Crippen LogP contribution >= 0.6 is 12.4 Å². The summed E-state index contributed by atoms with van der Waals surface area (Å²) in [7, 11) is 0. The van der Waals surface area contributed by atoms with Crippen LogP contribution in [0.3, 0.4) is 0 Å². The van der Waals surface area contributed by atoms with Crippen LogP contribution in [0.25, 0.3) is 0 Å². The zero-order chi connectivity index (χ0) is 16.7. The molecule has 0 aliphatic carbocycles. The first-order valence-electron chi connectivity index (χ1n) is 8.84. The van der Waals surface area contributed by atoms with Crippen LogP contribution in [0.2, 0.25) is 0 Å². The molecule has 1 amide bonds. The lowest BCUT2D eigenvalue weighted by Crippen LogP contribution is -2.51. The molecule has 2 fully saturated rings. The summed E-state index contributed by atoms with van der Waals surface area (Å²) in [6.45, 7) is 6.02. The normalized spacial score (nSPS) is 32.6. The second-order valence-electron chi connectivity index (χ2n) is 7.69. The average molecular weight is 367 g/mol. The highest BCUT2D eigenvalue weighted by atomic mass is 35.5. The highest BCUT2D eigenvalue weighted by Crippen LogP contribution is 2.39. The van der Waals surface area contributed by atoms with Crippen LogP contribution in [-0.4, -0.2) is 36.7 Å². The summed E-state index contributed by atoms with van der Waals surface area (Å²) < 4.78 is 6.05. The SMILES string of the molecule is CC1(C)CC(NC(=O)C2NNC3CCNCC32)c2ccccc2O1.Cl. The van der Waals surface area contributed by atoms with E-state index < -0.39 is 0 Å². The van der Waals surface area contributed by atoms with Gasteiger partial charge in [0.05, 0.1) is 6.04 Å². The van der Waals surface area contributed by atoms with Gasteiger partial charge in [-0.1, -0.05) is 18.2 Å². The largest absolute Gasteiger partial charge is 0.487 e. The molecule has 0 saturated carbocycles. The van der Waals surface area contributed by atoms with Crippen molar-refractivity contribution in [3.05, 3.63) is 29.8 Å². The fraction of sp³-hybridized carbons (Fsp3) is 0.611. The van der Waals surface area contributed by atoms with E-state index in [1.54, 1.807) is 0 Å². The smallest absolute Gasteiger partial charge is 0.239 e. The van der Waals surface area contributed by atoms with Gasteiger partial charge in [-0.25, -0.2) is 5.43 Å². The maximum absolute atomic E-state index is 12.9. The van der Waals surface area contributed by atoms with E-state index in [1.807, 2.05) is 24.3 Å². The molecule has 0 bridgehead atoms. The molecule has 3 aliphatic heterocycles. The highest BCUT2D eigenvalue weighted by Gasteiger charge is 2.42. The summed E-state index contributed by atoms with van der Waals surface area (Å²) in [6.07, 6.45) is 1.82. The molecule has 25 heavy (non-hydrogen) atoms. The summed E-state index contributed by atoms with van der Waals surface area (Å²) in [5.74, 6) is 1.23. The molecule has 3 aliphatic rings. The first-order valence-corrected chi connectivity index (χ1v) is 8.84. The number of carbonyl (C=O) groups is 1. The number of amides is 1. The van der Waals surface area contributed by atoms with Gasteiger partial charge in [0, 0.05) is 30.5 Å². The van der Waals surface area contributed by atoms with Crippen LogP contribution in [0.15, 0.2) is 24.3 Å². The monoisotopic (exact) mass is 366 g/mol. The summed E-state index contributed by atoms with van der Waals surface area (Å²) in [4.78, 5) is 12.9. The molecule has 0 radical (unpaired) electrons. The van der Waals surface area contributed by atoms with Gasteiger partial charge in [0.25, 0.3) is 0 Å². The topological polar surface area (TPSA) is 74.4 Å². The molecule has 6 nitrogen and oxygen atoms in total. The average Bonchev–Trinajstić information content (AvgIpc) is 2.98. The quantitative estimate of drug-likeness (QED) is 0.634. The third kappa shape index (κ3) is 3.62. The lowest BCUT2D eigenvalue weighted by atomic mass is 9.87. The Kier molecular flexibility index (Phi) is 5.25. The van der Waals surface area contributed by atoms with E-state index in [4.69, 9.17) is 4.74 Å². The predicted octanol–water partition coefficient (Wildman–Crippen LogP) is 1.28. The van der Waals surface area contributed by atoms with Gasteiger partial charge in [-0.15, -0.1) is 12.4 Å². The Bertz CT molecular complexity index is 639. The molecule has 1 aromatic carbocycles. The van der Waals surface area contributed by atoms with Crippen LogP contribution in [0.5, 0.6) is 5.75 Å². The fourth-order valence-electron chi connectivity index (χ4n) is 4.17. The minimum absolute atomic E-state index is 0. The van der Waals surface area contributed by atoms with Gasteiger partial charge in [0.1, 0.15) is 17.4 Å². The minimum Gasteiger partial charge on any atom is -0.487 e. The van der Waals surface area contributed by atoms with Crippen LogP contribution in [0.4, 0.5) is 0 Å². The van der Waals surface area contributed by atoms with Crippen molar-refractivity contribution in [3.8, 4) is 5.75 Å². The van der Waals surface area contributed by atoms with Gasteiger partial charge in [-0.2, -0.15) is 0 Å². The second kappa shape index (κ2) is 7.11. The van der Waals surface area contributed by atoms with Crippen molar-refractivity contribution < 1.29 is 9.53 Å². The molecular weight excluding hydrogens is 340 g/mol. The Balaban J connectivity index is 0.00000182. The number of rotatable bonds is 2. The molecule has 138 valence electrons.